The Hall–Kier alpha value is -1.03. The third-order valence-electron chi connectivity index (χ3n) is 0.677. The van der Waals surface area contributed by atoms with E-state index in [4.69, 9.17) is 0 Å². The number of hydrogen-bond acceptors (Lipinski definition) is 4. The van der Waals surface area contributed by atoms with Crippen LogP contribution in [0.4, 0.5) is 9.59 Å². The lowest BCUT2D eigenvalue weighted by Gasteiger charge is -2.02. The Labute approximate surface area is 65.6 Å². The Bertz CT molecular complexity index is 135. The van der Waals surface area contributed by atoms with Crippen LogP contribution >= 0.6 is 9.03 Å². The van der Waals surface area contributed by atoms with Crippen molar-refractivity contribution in [3.63, 3.8) is 0 Å². The van der Waals surface area contributed by atoms with Gasteiger partial charge in [-0.15, -0.1) is 0 Å². The van der Waals surface area contributed by atoms with Crippen molar-refractivity contribution in [3.05, 3.63) is 0 Å². The molecule has 0 aliphatic carbocycles. The summed E-state index contributed by atoms with van der Waals surface area (Å²) < 4.78 is 8.72. The highest BCUT2D eigenvalue weighted by molar-refractivity contribution is 7.27. The molecule has 0 saturated carbocycles. The van der Waals surface area contributed by atoms with Crippen LogP contribution in [0.25, 0.3) is 0 Å². The molecule has 2 amide bonds. The molecule has 0 heterocycles. The molecule has 0 aliphatic rings. The number of carbonyl (C=O) groups is 2. The van der Waals surface area contributed by atoms with Crippen molar-refractivity contribution in [2.45, 2.75) is 0 Å². The predicted octanol–water partition coefficient (Wildman–Crippen LogP) is 0.207. The summed E-state index contributed by atoms with van der Waals surface area (Å²) >= 11 is 0. The van der Waals surface area contributed by atoms with E-state index in [1.54, 1.807) is 0 Å². The summed E-state index contributed by atoms with van der Waals surface area (Å²) in [7, 11) is 2.20. The Morgan fingerprint density at radius 3 is 1.73 bits per heavy atom. The number of amides is 2. The van der Waals surface area contributed by atoms with Crippen molar-refractivity contribution in [3.8, 4) is 0 Å². The molecule has 0 bridgehead atoms. The van der Waals surface area contributed by atoms with Crippen LogP contribution in [0, 0.1) is 0 Å². The first-order valence-electron chi connectivity index (χ1n) is 2.72. The summed E-state index contributed by atoms with van der Waals surface area (Å²) in [5, 5.41) is 4.38. The smallest absolute Gasteiger partial charge is 0.392 e. The number of nitrogens with one attached hydrogen (secondary N) is 2. The van der Waals surface area contributed by atoms with Crippen LogP contribution in [0.3, 0.4) is 0 Å². The normalized spacial score (nSPS) is 8.18. The van der Waals surface area contributed by atoms with Gasteiger partial charge in [-0.2, -0.15) is 0 Å². The minimum absolute atomic E-state index is 0.618. The van der Waals surface area contributed by atoms with Gasteiger partial charge in [0, 0.05) is 14.1 Å². The predicted molar refractivity (Wildman–Crippen MR) is 39.4 cm³/mol. The lowest BCUT2D eigenvalue weighted by atomic mass is 11.1. The highest BCUT2D eigenvalue weighted by Crippen LogP contribution is 2.12. The maximum atomic E-state index is 10.3. The molecule has 0 aliphatic heterocycles. The maximum Gasteiger partial charge on any atom is 0.412 e. The van der Waals surface area contributed by atoms with E-state index in [-0.39, 0.29) is 0 Å². The van der Waals surface area contributed by atoms with Gasteiger partial charge in [0.2, 0.25) is 0 Å². The average molecular weight is 180 g/mol. The first kappa shape index (κ1) is 9.97. The number of carbonyl (C=O) groups excluding carboxylic acids is 2. The van der Waals surface area contributed by atoms with Crippen molar-refractivity contribution < 1.29 is 18.6 Å². The maximum absolute atomic E-state index is 10.3. The number of hydrogen-bond donors (Lipinski definition) is 2. The summed E-state index contributed by atoms with van der Waals surface area (Å²) in [6, 6.07) is 0. The topological polar surface area (TPSA) is 76.7 Å². The highest BCUT2D eigenvalue weighted by atomic mass is 31.1. The van der Waals surface area contributed by atoms with E-state index in [2.05, 4.69) is 19.7 Å². The lowest BCUT2D eigenvalue weighted by molar-refractivity contribution is 0.192. The summed E-state index contributed by atoms with van der Waals surface area (Å²) in [5.74, 6) is 0. The molecule has 0 atom stereocenters. The molecule has 64 valence electrons. The van der Waals surface area contributed by atoms with Gasteiger partial charge in [0.25, 0.3) is 9.03 Å². The first-order chi connectivity index (χ1) is 5.20. The van der Waals surface area contributed by atoms with Gasteiger partial charge >= 0.3 is 12.2 Å². The van der Waals surface area contributed by atoms with Crippen LogP contribution in [0.15, 0.2) is 0 Å². The van der Waals surface area contributed by atoms with Gasteiger partial charge < -0.3 is 19.7 Å². The van der Waals surface area contributed by atoms with Gasteiger partial charge in [0.1, 0.15) is 0 Å². The van der Waals surface area contributed by atoms with Crippen LogP contribution in [0.5, 0.6) is 0 Å². The minimum atomic E-state index is -0.632. The Morgan fingerprint density at radius 2 is 1.45 bits per heavy atom. The molecule has 0 rings (SSSR count). The van der Waals surface area contributed by atoms with Gasteiger partial charge in [-0.05, 0) is 0 Å². The Kier molecular flexibility index (Phi) is 5.20. The molecule has 2 N–H and O–H groups in total. The molecule has 0 spiro atoms. The monoisotopic (exact) mass is 180 g/mol. The molecular weight excluding hydrogens is 171 g/mol. The Balaban J connectivity index is 3.27. The molecule has 0 aromatic carbocycles. The fourth-order valence-corrected chi connectivity index (χ4v) is 0.596. The van der Waals surface area contributed by atoms with Crippen molar-refractivity contribution >= 4 is 21.2 Å². The Morgan fingerprint density at radius 1 is 1.09 bits per heavy atom. The fourth-order valence-electron chi connectivity index (χ4n) is 0.199. The second-order valence-electron chi connectivity index (χ2n) is 1.36. The second-order valence-corrected chi connectivity index (χ2v) is 1.94. The van der Waals surface area contributed by atoms with Crippen LogP contribution in [0.1, 0.15) is 0 Å². The molecule has 0 fully saturated rings. The van der Waals surface area contributed by atoms with Crippen molar-refractivity contribution in [1.29, 1.82) is 0 Å². The average Bonchev–Trinajstić information content (AvgIpc) is 2.04. The molecule has 0 aromatic heterocycles. The zero-order valence-corrected chi connectivity index (χ0v) is 7.13. The quantitative estimate of drug-likeness (QED) is 0.595. The van der Waals surface area contributed by atoms with Crippen LogP contribution in [0.2, 0.25) is 0 Å². The molecule has 6 nitrogen and oxygen atoms in total. The summed E-state index contributed by atoms with van der Waals surface area (Å²) in [4.78, 5) is 20.7. The molecule has 0 radical (unpaired) electrons. The summed E-state index contributed by atoms with van der Waals surface area (Å²) in [6.45, 7) is 0. The largest absolute Gasteiger partial charge is 0.412 e. The molecule has 0 unspecified atom stereocenters. The summed E-state index contributed by atoms with van der Waals surface area (Å²) in [6.07, 6.45) is -1.26. The highest BCUT2D eigenvalue weighted by Gasteiger charge is 2.01. The van der Waals surface area contributed by atoms with Crippen LogP contribution in [-0.4, -0.2) is 26.3 Å². The van der Waals surface area contributed by atoms with Gasteiger partial charge in [-0.1, -0.05) is 0 Å². The SMILES string of the molecule is CNC(=O)OPOC(=O)NC. The van der Waals surface area contributed by atoms with E-state index in [1.165, 1.54) is 14.1 Å². The third kappa shape index (κ3) is 5.42. The third-order valence-corrected chi connectivity index (χ3v) is 1.21. The van der Waals surface area contributed by atoms with E-state index in [0.717, 1.165) is 0 Å². The standard InChI is InChI=1S/C4H9N2O4P/c1-5-3(7)9-11-10-4(8)6-2/h11H,1-2H3,(H,5,7)(H,6,8). The molecular formula is C4H9N2O4P. The van der Waals surface area contributed by atoms with E-state index < -0.39 is 21.2 Å². The lowest BCUT2D eigenvalue weighted by Crippen LogP contribution is -2.18. The van der Waals surface area contributed by atoms with Crippen LogP contribution < -0.4 is 10.6 Å². The van der Waals surface area contributed by atoms with E-state index >= 15 is 0 Å². The van der Waals surface area contributed by atoms with E-state index in [0.29, 0.717) is 0 Å². The minimum Gasteiger partial charge on any atom is -0.392 e. The van der Waals surface area contributed by atoms with Crippen molar-refractivity contribution in [2.24, 2.45) is 0 Å². The van der Waals surface area contributed by atoms with Crippen molar-refractivity contribution in [1.82, 2.24) is 10.6 Å². The molecule has 11 heavy (non-hydrogen) atoms. The summed E-state index contributed by atoms with van der Waals surface area (Å²) in [5.41, 5.74) is 0. The molecule has 7 heteroatoms. The van der Waals surface area contributed by atoms with Crippen LogP contribution in [-0.2, 0) is 9.05 Å². The molecule has 0 saturated heterocycles. The van der Waals surface area contributed by atoms with E-state index in [1.807, 2.05) is 0 Å². The van der Waals surface area contributed by atoms with Crippen molar-refractivity contribution in [2.75, 3.05) is 14.1 Å². The zero-order chi connectivity index (χ0) is 8.69. The first-order valence-corrected chi connectivity index (χ1v) is 3.54. The van der Waals surface area contributed by atoms with Gasteiger partial charge in [0.05, 0.1) is 0 Å². The fraction of sp³-hybridized carbons (Fsp3) is 0.500. The van der Waals surface area contributed by atoms with Gasteiger partial charge in [-0.25, -0.2) is 9.59 Å². The molecule has 0 aromatic rings. The zero-order valence-electron chi connectivity index (χ0n) is 6.13. The van der Waals surface area contributed by atoms with Gasteiger partial charge in [0.15, 0.2) is 0 Å². The van der Waals surface area contributed by atoms with E-state index in [9.17, 15) is 9.59 Å². The van der Waals surface area contributed by atoms with Gasteiger partial charge in [-0.3, -0.25) is 0 Å². The number of rotatable bonds is 2. The second kappa shape index (κ2) is 5.73.